The Labute approximate surface area is 88.6 Å². The fourth-order valence-electron chi connectivity index (χ4n) is 1.14. The molecule has 0 unspecified atom stereocenters. The van der Waals surface area contributed by atoms with Gasteiger partial charge in [0.1, 0.15) is 11.4 Å². The first-order valence-corrected chi connectivity index (χ1v) is 4.70. The lowest BCUT2D eigenvalue weighted by Gasteiger charge is -2.04. The van der Waals surface area contributed by atoms with Gasteiger partial charge < -0.3 is 10.2 Å². The quantitative estimate of drug-likeness (QED) is 0.819. The molecule has 0 spiro atoms. The van der Waals surface area contributed by atoms with Crippen molar-refractivity contribution in [3.05, 3.63) is 35.1 Å². The second-order valence-electron chi connectivity index (χ2n) is 2.72. The minimum Gasteiger partial charge on any atom is -0.506 e. The summed E-state index contributed by atoms with van der Waals surface area (Å²) >= 11 is 3.16. The number of hydrogen-bond donors (Lipinski definition) is 2. The highest BCUT2D eigenvalue weighted by molar-refractivity contribution is 9.10. The van der Waals surface area contributed by atoms with E-state index in [1.165, 1.54) is 10.9 Å². The summed E-state index contributed by atoms with van der Waals surface area (Å²) in [5.74, 6) is 0.143. The third-order valence-electron chi connectivity index (χ3n) is 1.80. The lowest BCUT2D eigenvalue weighted by molar-refractivity contribution is 0.466. The fraction of sp³-hybridized carbons (Fsp3) is 0. The fourth-order valence-corrected chi connectivity index (χ4v) is 1.52. The zero-order valence-electron chi connectivity index (χ0n) is 7.05. The predicted molar refractivity (Wildman–Crippen MR) is 54.6 cm³/mol. The zero-order chi connectivity index (χ0) is 10.1. The van der Waals surface area contributed by atoms with Crippen LogP contribution in [0, 0.1) is 0 Å². The summed E-state index contributed by atoms with van der Waals surface area (Å²) < 4.78 is 1.82. The lowest BCUT2D eigenvalue weighted by atomic mass is 10.3. The molecule has 4 nitrogen and oxygen atoms in total. The van der Waals surface area contributed by atoms with Crippen LogP contribution < -0.4 is 0 Å². The molecule has 1 heterocycles. The third kappa shape index (κ3) is 1.35. The number of hydrogen-bond acceptors (Lipinski definition) is 3. The highest BCUT2D eigenvalue weighted by Gasteiger charge is 2.10. The number of halogens is 1. The minimum absolute atomic E-state index is 0.0354. The number of para-hydroxylation sites is 2. The molecule has 0 aliphatic carbocycles. The Hall–Kier alpha value is -1.49. The van der Waals surface area contributed by atoms with Gasteiger partial charge in [-0.05, 0) is 28.1 Å². The van der Waals surface area contributed by atoms with Crippen molar-refractivity contribution < 1.29 is 10.2 Å². The van der Waals surface area contributed by atoms with Crippen LogP contribution in [0.15, 0.2) is 35.1 Å². The number of phenolic OH excluding ortho intramolecular Hbond substituents is 1. The molecule has 0 bridgehead atoms. The topological polar surface area (TPSA) is 58.3 Å². The van der Waals surface area contributed by atoms with Gasteiger partial charge in [0.15, 0.2) is 10.4 Å². The van der Waals surface area contributed by atoms with Crippen molar-refractivity contribution >= 4 is 15.9 Å². The molecule has 2 rings (SSSR count). The van der Waals surface area contributed by atoms with Crippen LogP contribution in [0.4, 0.5) is 0 Å². The SMILES string of the molecule is Oc1ccccc1-n1ncc(O)c1Br. The highest BCUT2D eigenvalue weighted by atomic mass is 79.9. The molecule has 1 aromatic carbocycles. The molecule has 72 valence electrons. The average molecular weight is 255 g/mol. The summed E-state index contributed by atoms with van der Waals surface area (Å²) in [6.07, 6.45) is 1.30. The molecule has 0 radical (unpaired) electrons. The molecule has 0 atom stereocenters. The molecule has 1 aromatic heterocycles. The van der Waals surface area contributed by atoms with Crippen molar-refractivity contribution in [1.29, 1.82) is 0 Å². The summed E-state index contributed by atoms with van der Waals surface area (Å²) in [4.78, 5) is 0. The molecular formula is C9H7BrN2O2. The highest BCUT2D eigenvalue weighted by Crippen LogP contribution is 2.29. The Morgan fingerprint density at radius 1 is 1.14 bits per heavy atom. The molecule has 2 aromatic rings. The Balaban J connectivity index is 2.60. The van der Waals surface area contributed by atoms with Crippen LogP contribution in [0.5, 0.6) is 11.5 Å². The van der Waals surface area contributed by atoms with E-state index >= 15 is 0 Å². The summed E-state index contributed by atoms with van der Waals surface area (Å²) in [6.45, 7) is 0. The second-order valence-corrected chi connectivity index (χ2v) is 3.47. The molecule has 0 aliphatic heterocycles. The van der Waals surface area contributed by atoms with Crippen LogP contribution in [0.3, 0.4) is 0 Å². The number of benzene rings is 1. The molecule has 0 aliphatic rings. The number of aromatic nitrogens is 2. The van der Waals surface area contributed by atoms with Gasteiger partial charge in [0, 0.05) is 0 Å². The molecule has 2 N–H and O–H groups in total. The van der Waals surface area contributed by atoms with Crippen molar-refractivity contribution in [2.75, 3.05) is 0 Å². The largest absolute Gasteiger partial charge is 0.506 e. The summed E-state index contributed by atoms with van der Waals surface area (Å²) in [6, 6.07) is 6.75. The zero-order valence-corrected chi connectivity index (χ0v) is 8.64. The first-order valence-electron chi connectivity index (χ1n) is 3.91. The number of phenols is 1. The van der Waals surface area contributed by atoms with E-state index in [1.807, 2.05) is 0 Å². The smallest absolute Gasteiger partial charge is 0.168 e. The molecule has 0 amide bonds. The van der Waals surface area contributed by atoms with Crippen LogP contribution in [0.25, 0.3) is 5.69 Å². The Morgan fingerprint density at radius 3 is 2.43 bits per heavy atom. The van der Waals surface area contributed by atoms with Gasteiger partial charge in [-0.2, -0.15) is 5.10 Å². The van der Waals surface area contributed by atoms with Crippen molar-refractivity contribution in [2.24, 2.45) is 0 Å². The normalized spacial score (nSPS) is 10.4. The summed E-state index contributed by atoms with van der Waals surface area (Å²) in [5, 5.41) is 22.7. The van der Waals surface area contributed by atoms with Gasteiger partial charge in [0.25, 0.3) is 0 Å². The second kappa shape index (κ2) is 3.34. The number of aromatic hydroxyl groups is 2. The molecular weight excluding hydrogens is 248 g/mol. The Kier molecular flexibility index (Phi) is 2.17. The predicted octanol–water partition coefficient (Wildman–Crippen LogP) is 2.05. The van der Waals surface area contributed by atoms with Crippen molar-refractivity contribution in [1.82, 2.24) is 9.78 Å². The van der Waals surface area contributed by atoms with Gasteiger partial charge in [-0.3, -0.25) is 0 Å². The Morgan fingerprint density at radius 2 is 1.86 bits per heavy atom. The first-order chi connectivity index (χ1) is 6.70. The van der Waals surface area contributed by atoms with Crippen LogP contribution in [-0.4, -0.2) is 20.0 Å². The number of rotatable bonds is 1. The van der Waals surface area contributed by atoms with Gasteiger partial charge in [-0.1, -0.05) is 12.1 Å². The summed E-state index contributed by atoms with van der Waals surface area (Å²) in [5.41, 5.74) is 0.514. The van der Waals surface area contributed by atoms with Crippen LogP contribution in [-0.2, 0) is 0 Å². The van der Waals surface area contributed by atoms with Gasteiger partial charge in [-0.25, -0.2) is 4.68 Å². The molecule has 0 saturated heterocycles. The summed E-state index contributed by atoms with van der Waals surface area (Å²) in [7, 11) is 0. The van der Waals surface area contributed by atoms with E-state index in [0.29, 0.717) is 10.3 Å². The maximum Gasteiger partial charge on any atom is 0.168 e. The van der Waals surface area contributed by atoms with Crippen molar-refractivity contribution in [3.63, 3.8) is 0 Å². The van der Waals surface area contributed by atoms with Crippen LogP contribution >= 0.6 is 15.9 Å². The Bertz CT molecular complexity index is 468. The maximum atomic E-state index is 9.53. The van der Waals surface area contributed by atoms with Crippen LogP contribution in [0.1, 0.15) is 0 Å². The van der Waals surface area contributed by atoms with E-state index in [2.05, 4.69) is 21.0 Å². The molecule has 14 heavy (non-hydrogen) atoms. The van der Waals surface area contributed by atoms with Crippen molar-refractivity contribution in [3.8, 4) is 17.2 Å². The molecule has 0 saturated carbocycles. The lowest BCUT2D eigenvalue weighted by Crippen LogP contribution is -1.96. The molecule has 0 fully saturated rings. The van der Waals surface area contributed by atoms with E-state index in [4.69, 9.17) is 0 Å². The van der Waals surface area contributed by atoms with E-state index in [0.717, 1.165) is 0 Å². The van der Waals surface area contributed by atoms with E-state index in [1.54, 1.807) is 24.3 Å². The van der Waals surface area contributed by atoms with Gasteiger partial charge in [-0.15, -0.1) is 0 Å². The maximum absolute atomic E-state index is 9.53. The van der Waals surface area contributed by atoms with Gasteiger partial charge in [0.2, 0.25) is 0 Å². The molecule has 5 heteroatoms. The van der Waals surface area contributed by atoms with E-state index < -0.39 is 0 Å². The average Bonchev–Trinajstić information content (AvgIpc) is 2.49. The van der Waals surface area contributed by atoms with Gasteiger partial charge >= 0.3 is 0 Å². The van der Waals surface area contributed by atoms with E-state index in [9.17, 15) is 10.2 Å². The van der Waals surface area contributed by atoms with E-state index in [-0.39, 0.29) is 11.5 Å². The minimum atomic E-state index is 0.0354. The van der Waals surface area contributed by atoms with Crippen LogP contribution in [0.2, 0.25) is 0 Å². The standard InChI is InChI=1S/C9H7BrN2O2/c10-9-8(14)5-11-12(9)6-3-1-2-4-7(6)13/h1-5,13-14H. The van der Waals surface area contributed by atoms with Crippen molar-refractivity contribution in [2.45, 2.75) is 0 Å². The first kappa shape index (κ1) is 9.08. The number of nitrogens with zero attached hydrogens (tertiary/aromatic N) is 2. The monoisotopic (exact) mass is 254 g/mol. The van der Waals surface area contributed by atoms with Gasteiger partial charge in [0.05, 0.1) is 6.20 Å². The third-order valence-corrected chi connectivity index (χ3v) is 2.54.